The molecule has 1 aromatic carbocycles. The van der Waals surface area contributed by atoms with Crippen LogP contribution in [0.5, 0.6) is 5.75 Å². The van der Waals surface area contributed by atoms with E-state index in [1.807, 2.05) is 31.2 Å². The molecule has 1 atom stereocenters. The van der Waals surface area contributed by atoms with E-state index in [9.17, 15) is 4.79 Å². The highest BCUT2D eigenvalue weighted by Crippen LogP contribution is 2.24. The first kappa shape index (κ1) is 14.8. The molecule has 5 nitrogen and oxygen atoms in total. The number of benzene rings is 1. The third kappa shape index (κ3) is 3.71. The third-order valence-corrected chi connectivity index (χ3v) is 3.49. The van der Waals surface area contributed by atoms with Crippen LogP contribution in [0.3, 0.4) is 0 Å². The highest BCUT2D eigenvalue weighted by molar-refractivity contribution is 5.81. The van der Waals surface area contributed by atoms with E-state index < -0.39 is 0 Å². The Balaban J connectivity index is 2.22. The van der Waals surface area contributed by atoms with Gasteiger partial charge in [-0.1, -0.05) is 12.1 Å². The van der Waals surface area contributed by atoms with Gasteiger partial charge in [-0.05, 0) is 37.6 Å². The summed E-state index contributed by atoms with van der Waals surface area (Å²) >= 11 is 0. The van der Waals surface area contributed by atoms with Crippen LogP contribution in [-0.4, -0.2) is 43.6 Å². The average Bonchev–Trinajstić information content (AvgIpc) is 2.68. The Morgan fingerprint density at radius 1 is 1.45 bits per heavy atom. The Morgan fingerprint density at radius 3 is 3.05 bits per heavy atom. The van der Waals surface area contributed by atoms with E-state index in [4.69, 9.17) is 10.5 Å². The molecule has 0 radical (unpaired) electrons. The number of nitrogens with zero attached hydrogens (tertiary/aromatic N) is 1. The van der Waals surface area contributed by atoms with Gasteiger partial charge < -0.3 is 15.8 Å². The van der Waals surface area contributed by atoms with Crippen LogP contribution < -0.4 is 15.8 Å². The summed E-state index contributed by atoms with van der Waals surface area (Å²) in [6.07, 6.45) is 1.02. The number of nitrogens with one attached hydrogen (secondary N) is 1. The standard InChI is InChI=1S/C15H23N3O2/c1-2-20-13-6-3-5-12(11-13)14(15(16)19)18-9-4-7-17-8-10-18/h3,5-6,11,14,17H,2,4,7-10H2,1H3,(H2,16,19). The number of carbonyl (C=O) groups is 1. The largest absolute Gasteiger partial charge is 0.494 e. The SMILES string of the molecule is CCOc1cccc(C(C(N)=O)N2CCCNCC2)c1. The minimum atomic E-state index is -0.379. The van der Waals surface area contributed by atoms with Gasteiger partial charge in [-0.15, -0.1) is 0 Å². The zero-order valence-corrected chi connectivity index (χ0v) is 12.0. The lowest BCUT2D eigenvalue weighted by Gasteiger charge is -2.28. The highest BCUT2D eigenvalue weighted by Gasteiger charge is 2.26. The number of hydrogen-bond acceptors (Lipinski definition) is 4. The number of nitrogens with two attached hydrogens (primary N) is 1. The summed E-state index contributed by atoms with van der Waals surface area (Å²) in [7, 11) is 0. The molecule has 0 spiro atoms. The Labute approximate surface area is 120 Å². The van der Waals surface area contributed by atoms with E-state index in [2.05, 4.69) is 10.2 Å². The normalized spacial score (nSPS) is 18.2. The highest BCUT2D eigenvalue weighted by atomic mass is 16.5. The second kappa shape index (κ2) is 7.26. The third-order valence-electron chi connectivity index (χ3n) is 3.49. The van der Waals surface area contributed by atoms with Gasteiger partial charge in [-0.25, -0.2) is 0 Å². The summed E-state index contributed by atoms with van der Waals surface area (Å²) < 4.78 is 5.51. The van der Waals surface area contributed by atoms with E-state index in [1.165, 1.54) is 0 Å². The van der Waals surface area contributed by atoms with E-state index >= 15 is 0 Å². The number of primary amides is 1. The van der Waals surface area contributed by atoms with Gasteiger partial charge in [0.25, 0.3) is 0 Å². The molecular formula is C15H23N3O2. The topological polar surface area (TPSA) is 67.6 Å². The second-order valence-corrected chi connectivity index (χ2v) is 4.95. The first-order valence-corrected chi connectivity index (χ1v) is 7.19. The summed E-state index contributed by atoms with van der Waals surface area (Å²) in [5.74, 6) is 0.477. The monoisotopic (exact) mass is 277 g/mol. The summed E-state index contributed by atoms with van der Waals surface area (Å²) in [5, 5.41) is 3.34. The lowest BCUT2D eigenvalue weighted by molar-refractivity contribution is -0.123. The molecule has 1 aliphatic heterocycles. The quantitative estimate of drug-likeness (QED) is 0.839. The molecule has 1 heterocycles. The van der Waals surface area contributed by atoms with Crippen LogP contribution in [0.4, 0.5) is 0 Å². The number of rotatable bonds is 5. The maximum Gasteiger partial charge on any atom is 0.239 e. The van der Waals surface area contributed by atoms with Gasteiger partial charge in [-0.2, -0.15) is 0 Å². The molecule has 1 amide bonds. The van der Waals surface area contributed by atoms with E-state index in [-0.39, 0.29) is 11.9 Å². The molecule has 0 saturated carbocycles. The molecule has 0 aliphatic carbocycles. The molecule has 1 unspecified atom stereocenters. The molecule has 0 aromatic heterocycles. The van der Waals surface area contributed by atoms with Crippen molar-refractivity contribution in [1.29, 1.82) is 0 Å². The molecule has 20 heavy (non-hydrogen) atoms. The van der Waals surface area contributed by atoms with Crippen molar-refractivity contribution in [3.05, 3.63) is 29.8 Å². The molecule has 1 aliphatic rings. The number of hydrogen-bond donors (Lipinski definition) is 2. The van der Waals surface area contributed by atoms with Crippen molar-refractivity contribution in [3.63, 3.8) is 0 Å². The summed E-state index contributed by atoms with van der Waals surface area (Å²) in [6.45, 7) is 6.12. The average molecular weight is 277 g/mol. The van der Waals surface area contributed by atoms with Gasteiger partial charge in [0.2, 0.25) is 5.91 Å². The maximum absolute atomic E-state index is 11.9. The Hall–Kier alpha value is -1.59. The van der Waals surface area contributed by atoms with Crippen molar-refractivity contribution in [1.82, 2.24) is 10.2 Å². The minimum absolute atomic E-state index is 0.305. The maximum atomic E-state index is 11.9. The summed E-state index contributed by atoms with van der Waals surface area (Å²) in [4.78, 5) is 14.0. The van der Waals surface area contributed by atoms with Gasteiger partial charge in [-0.3, -0.25) is 9.69 Å². The van der Waals surface area contributed by atoms with Crippen LogP contribution in [0, 0.1) is 0 Å². The van der Waals surface area contributed by atoms with Crippen molar-refractivity contribution < 1.29 is 9.53 Å². The van der Waals surface area contributed by atoms with Gasteiger partial charge >= 0.3 is 0 Å². The first-order chi connectivity index (χ1) is 9.72. The van der Waals surface area contributed by atoms with Gasteiger partial charge in [0.05, 0.1) is 6.61 Å². The van der Waals surface area contributed by atoms with Crippen molar-refractivity contribution in [3.8, 4) is 5.75 Å². The summed E-state index contributed by atoms with van der Waals surface area (Å²) in [5.41, 5.74) is 6.54. The molecule has 1 saturated heterocycles. The summed E-state index contributed by atoms with van der Waals surface area (Å²) in [6, 6.07) is 7.28. The van der Waals surface area contributed by atoms with Crippen molar-refractivity contribution in [2.45, 2.75) is 19.4 Å². The van der Waals surface area contributed by atoms with Crippen LogP contribution in [0.1, 0.15) is 24.9 Å². The van der Waals surface area contributed by atoms with Crippen LogP contribution in [0.25, 0.3) is 0 Å². The zero-order chi connectivity index (χ0) is 14.4. The fraction of sp³-hybridized carbons (Fsp3) is 0.533. The fourth-order valence-electron chi connectivity index (χ4n) is 2.62. The van der Waals surface area contributed by atoms with Gasteiger partial charge in [0.1, 0.15) is 11.8 Å². The molecule has 2 rings (SSSR count). The zero-order valence-electron chi connectivity index (χ0n) is 12.0. The number of ether oxygens (including phenoxy) is 1. The van der Waals surface area contributed by atoms with Crippen molar-refractivity contribution in [2.75, 3.05) is 32.8 Å². The van der Waals surface area contributed by atoms with Crippen LogP contribution in [0.2, 0.25) is 0 Å². The fourth-order valence-corrected chi connectivity index (χ4v) is 2.62. The van der Waals surface area contributed by atoms with E-state index in [1.54, 1.807) is 0 Å². The smallest absolute Gasteiger partial charge is 0.239 e. The Bertz CT molecular complexity index is 442. The first-order valence-electron chi connectivity index (χ1n) is 7.19. The molecule has 110 valence electrons. The lowest BCUT2D eigenvalue weighted by atomic mass is 10.0. The molecular weight excluding hydrogens is 254 g/mol. The van der Waals surface area contributed by atoms with Gasteiger partial charge in [0.15, 0.2) is 0 Å². The molecule has 0 bridgehead atoms. The van der Waals surface area contributed by atoms with Crippen molar-refractivity contribution in [2.24, 2.45) is 5.73 Å². The number of amides is 1. The van der Waals surface area contributed by atoms with E-state index in [0.29, 0.717) is 6.61 Å². The molecule has 3 N–H and O–H groups in total. The number of carbonyl (C=O) groups excluding carboxylic acids is 1. The Kier molecular flexibility index (Phi) is 5.38. The predicted octanol–water partition coefficient (Wildman–Crippen LogP) is 0.907. The molecule has 1 aromatic rings. The second-order valence-electron chi connectivity index (χ2n) is 4.95. The van der Waals surface area contributed by atoms with E-state index in [0.717, 1.165) is 43.9 Å². The van der Waals surface area contributed by atoms with Crippen LogP contribution >= 0.6 is 0 Å². The minimum Gasteiger partial charge on any atom is -0.494 e. The van der Waals surface area contributed by atoms with Crippen LogP contribution in [-0.2, 0) is 4.79 Å². The van der Waals surface area contributed by atoms with Gasteiger partial charge in [0, 0.05) is 19.6 Å². The predicted molar refractivity (Wildman–Crippen MR) is 78.6 cm³/mol. The van der Waals surface area contributed by atoms with Crippen LogP contribution in [0.15, 0.2) is 24.3 Å². The molecule has 5 heteroatoms. The molecule has 1 fully saturated rings. The lowest BCUT2D eigenvalue weighted by Crippen LogP contribution is -2.39. The van der Waals surface area contributed by atoms with Crippen molar-refractivity contribution >= 4 is 5.91 Å². The Morgan fingerprint density at radius 2 is 2.30 bits per heavy atom.